The number of amides is 1. The summed E-state index contributed by atoms with van der Waals surface area (Å²) in [5.41, 5.74) is 1.54. The van der Waals surface area contributed by atoms with Gasteiger partial charge in [0.15, 0.2) is 0 Å². The molecule has 0 aliphatic heterocycles. The van der Waals surface area contributed by atoms with Gasteiger partial charge in [-0.15, -0.1) is 0 Å². The van der Waals surface area contributed by atoms with Gasteiger partial charge in [-0.25, -0.2) is 5.48 Å². The van der Waals surface area contributed by atoms with Gasteiger partial charge in [0.1, 0.15) is 6.42 Å². The highest BCUT2D eigenvalue weighted by Crippen LogP contribution is 2.18. The number of hydroxylamine groups is 1. The summed E-state index contributed by atoms with van der Waals surface area (Å²) < 4.78 is 33.9. The summed E-state index contributed by atoms with van der Waals surface area (Å²) in [5.74, 6) is -1.20. The number of carbonyl (C=O) groups excluding carboxylic acids is 1. The van der Waals surface area contributed by atoms with E-state index >= 15 is 0 Å². The molecule has 0 radical (unpaired) electrons. The van der Waals surface area contributed by atoms with Gasteiger partial charge in [-0.3, -0.25) is 9.63 Å². The van der Waals surface area contributed by atoms with Crippen LogP contribution >= 0.6 is 0 Å². The smallest absolute Gasteiger partial charge is 0.277 e. The molecule has 0 aromatic heterocycles. The third-order valence-corrected chi connectivity index (χ3v) is 0.577. The number of alkyl halides is 3. The Morgan fingerprint density at radius 2 is 2.10 bits per heavy atom. The maximum atomic E-state index is 11.3. The molecule has 0 saturated heterocycles. The molecular formula is C4H6F3NO2. The largest absolute Gasteiger partial charge is 0.397 e. The van der Waals surface area contributed by atoms with Gasteiger partial charge >= 0.3 is 6.18 Å². The van der Waals surface area contributed by atoms with Gasteiger partial charge in [0.2, 0.25) is 0 Å². The number of hydrogen-bond acceptors (Lipinski definition) is 2. The minimum absolute atomic E-state index is 1.06. The molecule has 0 heterocycles. The van der Waals surface area contributed by atoms with E-state index in [4.69, 9.17) is 0 Å². The lowest BCUT2D eigenvalue weighted by Crippen LogP contribution is -2.27. The number of hydrogen-bond donors (Lipinski definition) is 1. The second kappa shape index (κ2) is 3.40. The van der Waals surface area contributed by atoms with Gasteiger partial charge in [-0.05, 0) is 0 Å². The predicted octanol–water partition coefficient (Wildman–Crippen LogP) is 0.616. The predicted molar refractivity (Wildman–Crippen MR) is 25.8 cm³/mol. The summed E-state index contributed by atoms with van der Waals surface area (Å²) in [7, 11) is 1.06. The van der Waals surface area contributed by atoms with E-state index in [0.717, 1.165) is 7.11 Å². The van der Waals surface area contributed by atoms with E-state index in [1.807, 2.05) is 0 Å². The third kappa shape index (κ3) is 5.36. The summed E-state index contributed by atoms with van der Waals surface area (Å²) in [6.07, 6.45) is -5.98. The average molecular weight is 157 g/mol. The quantitative estimate of drug-likeness (QED) is 0.596. The molecule has 0 rings (SSSR count). The van der Waals surface area contributed by atoms with Crippen LogP contribution in [0.5, 0.6) is 0 Å². The van der Waals surface area contributed by atoms with Crippen LogP contribution in [0, 0.1) is 0 Å². The molecule has 60 valence electrons. The second-order valence-electron chi connectivity index (χ2n) is 1.52. The molecule has 0 unspecified atom stereocenters. The highest BCUT2D eigenvalue weighted by atomic mass is 19.4. The third-order valence-electron chi connectivity index (χ3n) is 0.577. The Morgan fingerprint density at radius 3 is 2.40 bits per heavy atom. The number of rotatable bonds is 2. The minimum Gasteiger partial charge on any atom is -0.277 e. The molecule has 1 amide bonds. The van der Waals surface area contributed by atoms with Crippen LogP contribution in [0.25, 0.3) is 0 Å². The van der Waals surface area contributed by atoms with E-state index < -0.39 is 18.5 Å². The first-order valence-corrected chi connectivity index (χ1v) is 2.34. The summed E-state index contributed by atoms with van der Waals surface area (Å²) in [6, 6.07) is 0. The molecule has 0 atom stereocenters. The number of carbonyl (C=O) groups is 1. The van der Waals surface area contributed by atoms with Crippen molar-refractivity contribution in [1.29, 1.82) is 0 Å². The first-order valence-electron chi connectivity index (χ1n) is 2.34. The van der Waals surface area contributed by atoms with Crippen molar-refractivity contribution in [3.05, 3.63) is 0 Å². The van der Waals surface area contributed by atoms with Crippen LogP contribution in [0.3, 0.4) is 0 Å². The first-order chi connectivity index (χ1) is 4.45. The van der Waals surface area contributed by atoms with Crippen LogP contribution < -0.4 is 5.48 Å². The zero-order chi connectivity index (χ0) is 8.20. The topological polar surface area (TPSA) is 38.3 Å². The maximum absolute atomic E-state index is 11.3. The van der Waals surface area contributed by atoms with Crippen LogP contribution in [-0.2, 0) is 9.63 Å². The second-order valence-corrected chi connectivity index (χ2v) is 1.52. The standard InChI is InChI=1S/C4H6F3NO2/c1-10-8-3(9)2-4(5,6)7/h2H2,1H3,(H,8,9). The van der Waals surface area contributed by atoms with Crippen molar-refractivity contribution in [2.45, 2.75) is 12.6 Å². The molecule has 1 N–H and O–H groups in total. The van der Waals surface area contributed by atoms with Crippen molar-refractivity contribution in [3.63, 3.8) is 0 Å². The number of halogens is 3. The highest BCUT2D eigenvalue weighted by Gasteiger charge is 2.31. The molecule has 0 spiro atoms. The molecule has 0 fully saturated rings. The Hall–Kier alpha value is -0.780. The van der Waals surface area contributed by atoms with E-state index in [1.165, 1.54) is 0 Å². The fourth-order valence-corrected chi connectivity index (χ4v) is 0.332. The molecule has 0 aromatic rings. The average Bonchev–Trinajstić information content (AvgIpc) is 1.59. The van der Waals surface area contributed by atoms with Crippen LogP contribution in [-0.4, -0.2) is 19.2 Å². The van der Waals surface area contributed by atoms with Crippen molar-refractivity contribution >= 4 is 5.91 Å². The molecule has 0 aliphatic rings. The van der Waals surface area contributed by atoms with Gasteiger partial charge in [0.25, 0.3) is 5.91 Å². The van der Waals surface area contributed by atoms with E-state index in [2.05, 4.69) is 4.84 Å². The van der Waals surface area contributed by atoms with Gasteiger partial charge in [0, 0.05) is 0 Å². The first kappa shape index (κ1) is 9.22. The monoisotopic (exact) mass is 157 g/mol. The molecule has 0 bridgehead atoms. The lowest BCUT2D eigenvalue weighted by atomic mass is 10.4. The molecule has 10 heavy (non-hydrogen) atoms. The zero-order valence-electron chi connectivity index (χ0n) is 5.16. The fourth-order valence-electron chi connectivity index (χ4n) is 0.332. The van der Waals surface area contributed by atoms with E-state index in [0.29, 0.717) is 0 Å². The van der Waals surface area contributed by atoms with Gasteiger partial charge in [0.05, 0.1) is 7.11 Å². The van der Waals surface area contributed by atoms with Gasteiger partial charge < -0.3 is 0 Å². The molecule has 3 nitrogen and oxygen atoms in total. The SMILES string of the molecule is CONC(=O)CC(F)(F)F. The van der Waals surface area contributed by atoms with Crippen molar-refractivity contribution < 1.29 is 22.8 Å². The zero-order valence-corrected chi connectivity index (χ0v) is 5.16. The molecule has 6 heteroatoms. The molecular weight excluding hydrogens is 151 g/mol. The molecule has 0 saturated carbocycles. The highest BCUT2D eigenvalue weighted by molar-refractivity contribution is 5.75. The van der Waals surface area contributed by atoms with Crippen LogP contribution in [0.2, 0.25) is 0 Å². The fraction of sp³-hybridized carbons (Fsp3) is 0.750. The summed E-state index contributed by atoms with van der Waals surface area (Å²) >= 11 is 0. The normalized spacial score (nSPS) is 11.2. The summed E-state index contributed by atoms with van der Waals surface area (Å²) in [5, 5.41) is 0. The van der Waals surface area contributed by atoms with Gasteiger partial charge in [-0.2, -0.15) is 13.2 Å². The van der Waals surface area contributed by atoms with Crippen molar-refractivity contribution in [2.75, 3.05) is 7.11 Å². The lowest BCUT2D eigenvalue weighted by Gasteiger charge is -2.04. The lowest BCUT2D eigenvalue weighted by molar-refractivity contribution is -0.160. The van der Waals surface area contributed by atoms with Crippen molar-refractivity contribution in [1.82, 2.24) is 5.48 Å². The molecule has 0 aliphatic carbocycles. The van der Waals surface area contributed by atoms with Crippen LogP contribution in [0.4, 0.5) is 13.2 Å². The van der Waals surface area contributed by atoms with E-state index in [-0.39, 0.29) is 0 Å². The summed E-state index contributed by atoms with van der Waals surface area (Å²) in [6.45, 7) is 0. The van der Waals surface area contributed by atoms with Crippen LogP contribution in [0.15, 0.2) is 0 Å². The summed E-state index contributed by atoms with van der Waals surface area (Å²) in [4.78, 5) is 14.1. The molecule has 0 aromatic carbocycles. The Kier molecular flexibility index (Phi) is 3.14. The Morgan fingerprint density at radius 1 is 1.60 bits per heavy atom. The van der Waals surface area contributed by atoms with E-state index in [9.17, 15) is 18.0 Å². The van der Waals surface area contributed by atoms with Crippen LogP contribution in [0.1, 0.15) is 6.42 Å². The van der Waals surface area contributed by atoms with Crippen molar-refractivity contribution in [3.8, 4) is 0 Å². The van der Waals surface area contributed by atoms with Crippen molar-refractivity contribution in [2.24, 2.45) is 0 Å². The minimum atomic E-state index is -4.47. The Labute approximate surface area is 55.1 Å². The Bertz CT molecular complexity index is 122. The Balaban J connectivity index is 3.58. The van der Waals surface area contributed by atoms with E-state index in [1.54, 1.807) is 5.48 Å². The number of nitrogens with one attached hydrogen (secondary N) is 1. The maximum Gasteiger partial charge on any atom is 0.397 e. The van der Waals surface area contributed by atoms with Gasteiger partial charge in [-0.1, -0.05) is 0 Å².